The number of nitrogens with one attached hydrogen (secondary N) is 1. The number of Topliss-reactive ketones (excluding diaryl/α,β-unsaturated/α-hetero) is 1. The molecule has 3 nitrogen and oxygen atoms in total. The van der Waals surface area contributed by atoms with E-state index in [0.717, 1.165) is 38.9 Å². The zero-order chi connectivity index (χ0) is 18.8. The summed E-state index contributed by atoms with van der Waals surface area (Å²) in [7, 11) is 0. The molecule has 3 aromatic rings. The molecule has 1 aromatic heterocycles. The largest absolute Gasteiger partial charge is 0.361 e. The average molecular weight is 401 g/mol. The molecule has 1 aliphatic rings. The number of aromatic nitrogens is 1. The first kappa shape index (κ1) is 18.5. The number of H-pyrrole nitrogens is 1. The number of rotatable bonds is 5. The van der Waals surface area contributed by atoms with Gasteiger partial charge in [0.1, 0.15) is 0 Å². The number of carbonyl (C=O) groups excluding carboxylic acids is 1. The van der Waals surface area contributed by atoms with Crippen molar-refractivity contribution in [3.63, 3.8) is 0 Å². The van der Waals surface area contributed by atoms with Gasteiger partial charge in [-0.15, -0.1) is 0 Å². The van der Waals surface area contributed by atoms with Gasteiger partial charge in [0.15, 0.2) is 5.78 Å². The van der Waals surface area contributed by atoms with Crippen molar-refractivity contribution in [2.45, 2.75) is 19.3 Å². The van der Waals surface area contributed by atoms with Crippen molar-refractivity contribution in [1.29, 1.82) is 0 Å². The molecule has 2 heterocycles. The lowest BCUT2D eigenvalue weighted by Crippen LogP contribution is -2.37. The predicted molar refractivity (Wildman–Crippen MR) is 112 cm³/mol. The molecule has 0 unspecified atom stereocenters. The molecule has 0 aliphatic carbocycles. The van der Waals surface area contributed by atoms with Crippen LogP contribution in [0, 0.1) is 5.92 Å². The van der Waals surface area contributed by atoms with Crippen molar-refractivity contribution in [3.8, 4) is 0 Å². The molecule has 0 bridgehead atoms. The number of aromatic amines is 1. The lowest BCUT2D eigenvalue weighted by Gasteiger charge is -2.31. The highest BCUT2D eigenvalue weighted by atomic mass is 35.5. The Hall–Kier alpha value is -1.81. The molecule has 0 amide bonds. The van der Waals surface area contributed by atoms with Gasteiger partial charge in [0.05, 0.1) is 10.0 Å². The van der Waals surface area contributed by atoms with Crippen LogP contribution in [0.3, 0.4) is 0 Å². The zero-order valence-corrected chi connectivity index (χ0v) is 16.6. The second kappa shape index (κ2) is 8.05. The monoisotopic (exact) mass is 400 g/mol. The van der Waals surface area contributed by atoms with Gasteiger partial charge in [-0.05, 0) is 62.2 Å². The Kier molecular flexibility index (Phi) is 5.53. The predicted octanol–water partition coefficient (Wildman–Crippen LogP) is 5.61. The summed E-state index contributed by atoms with van der Waals surface area (Å²) in [5, 5.41) is 2.24. The van der Waals surface area contributed by atoms with Gasteiger partial charge in [0, 0.05) is 35.1 Å². The van der Waals surface area contributed by atoms with Crippen molar-refractivity contribution < 1.29 is 4.79 Å². The van der Waals surface area contributed by atoms with Crippen LogP contribution in [-0.4, -0.2) is 35.3 Å². The molecular weight excluding hydrogens is 379 g/mol. The van der Waals surface area contributed by atoms with E-state index >= 15 is 0 Å². The molecule has 27 heavy (non-hydrogen) atoms. The number of fused-ring (bicyclic) bond motifs is 1. The van der Waals surface area contributed by atoms with Crippen molar-refractivity contribution in [2.24, 2.45) is 5.92 Å². The number of nitrogens with zero attached hydrogens (tertiary/aromatic N) is 1. The van der Waals surface area contributed by atoms with Crippen LogP contribution in [-0.2, 0) is 6.42 Å². The van der Waals surface area contributed by atoms with Gasteiger partial charge >= 0.3 is 0 Å². The van der Waals surface area contributed by atoms with Crippen LogP contribution in [0.1, 0.15) is 28.8 Å². The molecule has 1 fully saturated rings. The van der Waals surface area contributed by atoms with Crippen LogP contribution in [0.25, 0.3) is 10.9 Å². The topological polar surface area (TPSA) is 36.1 Å². The molecule has 1 N–H and O–H groups in total. The number of hydrogen-bond acceptors (Lipinski definition) is 2. The second-order valence-corrected chi connectivity index (χ2v) is 8.03. The van der Waals surface area contributed by atoms with E-state index in [1.54, 1.807) is 18.2 Å². The fourth-order valence-electron chi connectivity index (χ4n) is 3.92. The number of likely N-dealkylation sites (tertiary alicyclic amines) is 1. The summed E-state index contributed by atoms with van der Waals surface area (Å²) in [4.78, 5) is 18.5. The lowest BCUT2D eigenvalue weighted by molar-refractivity contribution is 0.0841. The smallest absolute Gasteiger partial charge is 0.166 e. The number of para-hydroxylation sites is 1. The van der Waals surface area contributed by atoms with Gasteiger partial charge in [-0.25, -0.2) is 0 Å². The highest BCUT2D eigenvalue weighted by Gasteiger charge is 2.26. The fraction of sp³-hybridized carbons (Fsp3) is 0.318. The van der Waals surface area contributed by atoms with E-state index in [0.29, 0.717) is 15.6 Å². The second-order valence-electron chi connectivity index (χ2n) is 7.22. The van der Waals surface area contributed by atoms with E-state index in [1.807, 2.05) is 0 Å². The number of hydrogen-bond donors (Lipinski definition) is 1. The quantitative estimate of drug-likeness (QED) is 0.564. The maximum Gasteiger partial charge on any atom is 0.166 e. The third kappa shape index (κ3) is 4.06. The van der Waals surface area contributed by atoms with Crippen LogP contribution in [0.4, 0.5) is 0 Å². The minimum atomic E-state index is 0.0755. The average Bonchev–Trinajstić information content (AvgIpc) is 3.11. The lowest BCUT2D eigenvalue weighted by atomic mass is 9.89. The van der Waals surface area contributed by atoms with Gasteiger partial charge in [-0.1, -0.05) is 41.4 Å². The summed E-state index contributed by atoms with van der Waals surface area (Å²) < 4.78 is 0. The van der Waals surface area contributed by atoms with Gasteiger partial charge in [-0.3, -0.25) is 4.79 Å². The van der Waals surface area contributed by atoms with E-state index in [4.69, 9.17) is 23.2 Å². The molecule has 0 atom stereocenters. The normalized spacial score (nSPS) is 16.1. The summed E-state index contributed by atoms with van der Waals surface area (Å²) in [6, 6.07) is 13.6. The SMILES string of the molecule is O=C(c1ccc(Cl)c(Cl)c1)C1CCN(CCc2c[nH]c3ccccc23)CC1. The summed E-state index contributed by atoms with van der Waals surface area (Å²) >= 11 is 12.0. The summed E-state index contributed by atoms with van der Waals surface area (Å²) in [5.74, 6) is 0.261. The minimum absolute atomic E-state index is 0.0755. The Morgan fingerprint density at radius 1 is 1.07 bits per heavy atom. The Morgan fingerprint density at radius 3 is 2.63 bits per heavy atom. The number of piperidine rings is 1. The van der Waals surface area contributed by atoms with Crippen molar-refractivity contribution in [2.75, 3.05) is 19.6 Å². The van der Waals surface area contributed by atoms with Crippen LogP contribution in [0.15, 0.2) is 48.7 Å². The Labute approximate surface area is 169 Å². The molecule has 140 valence electrons. The zero-order valence-electron chi connectivity index (χ0n) is 15.1. The van der Waals surface area contributed by atoms with Crippen LogP contribution >= 0.6 is 23.2 Å². The highest BCUT2D eigenvalue weighted by Crippen LogP contribution is 2.27. The molecule has 4 rings (SSSR count). The van der Waals surface area contributed by atoms with Crippen molar-refractivity contribution in [1.82, 2.24) is 9.88 Å². The van der Waals surface area contributed by atoms with Crippen molar-refractivity contribution in [3.05, 3.63) is 69.8 Å². The number of benzene rings is 2. The third-order valence-electron chi connectivity index (χ3n) is 5.53. The first-order valence-corrected chi connectivity index (χ1v) is 10.1. The number of ketones is 1. The molecule has 0 radical (unpaired) electrons. The number of halogens is 2. The van der Waals surface area contributed by atoms with Crippen molar-refractivity contribution >= 4 is 39.9 Å². The van der Waals surface area contributed by atoms with E-state index in [2.05, 4.69) is 40.3 Å². The van der Waals surface area contributed by atoms with Gasteiger partial charge < -0.3 is 9.88 Å². The Morgan fingerprint density at radius 2 is 1.85 bits per heavy atom. The highest BCUT2D eigenvalue weighted by molar-refractivity contribution is 6.42. The van der Waals surface area contributed by atoms with Crippen LogP contribution < -0.4 is 0 Å². The van der Waals surface area contributed by atoms with E-state index in [9.17, 15) is 4.79 Å². The van der Waals surface area contributed by atoms with E-state index < -0.39 is 0 Å². The third-order valence-corrected chi connectivity index (χ3v) is 6.27. The minimum Gasteiger partial charge on any atom is -0.361 e. The van der Waals surface area contributed by atoms with Gasteiger partial charge in [-0.2, -0.15) is 0 Å². The Balaban J connectivity index is 1.32. The number of carbonyl (C=O) groups is 1. The molecule has 1 aliphatic heterocycles. The van der Waals surface area contributed by atoms with Gasteiger partial charge in [0.2, 0.25) is 0 Å². The summed E-state index contributed by atoms with van der Waals surface area (Å²) in [6.45, 7) is 2.94. The molecule has 5 heteroatoms. The molecule has 0 spiro atoms. The maximum atomic E-state index is 12.7. The molecule has 2 aromatic carbocycles. The van der Waals surface area contributed by atoms with E-state index in [-0.39, 0.29) is 11.7 Å². The molecule has 0 saturated carbocycles. The van der Waals surface area contributed by atoms with E-state index in [1.165, 1.54) is 16.5 Å². The van der Waals surface area contributed by atoms with Crippen LogP contribution in [0.5, 0.6) is 0 Å². The summed E-state index contributed by atoms with van der Waals surface area (Å²) in [5.41, 5.74) is 3.22. The fourth-order valence-corrected chi connectivity index (χ4v) is 4.22. The Bertz CT molecular complexity index is 958. The standard InChI is InChI=1S/C22H22Cl2N2O/c23-19-6-5-16(13-20(19)24)22(27)15-7-10-26(11-8-15)12-9-17-14-25-21-4-2-1-3-18(17)21/h1-6,13-15,25H,7-12H2. The van der Waals surface area contributed by atoms with Crippen LogP contribution in [0.2, 0.25) is 10.0 Å². The van der Waals surface area contributed by atoms with Gasteiger partial charge in [0.25, 0.3) is 0 Å². The maximum absolute atomic E-state index is 12.7. The first-order chi connectivity index (χ1) is 13.1. The molecule has 1 saturated heterocycles. The first-order valence-electron chi connectivity index (χ1n) is 9.38. The molecular formula is C22H22Cl2N2O. The summed E-state index contributed by atoms with van der Waals surface area (Å²) in [6.07, 6.45) is 4.93.